The largest absolute Gasteiger partial charge is 0.365 e. The molecule has 1 N–H and O–H groups in total. The summed E-state index contributed by atoms with van der Waals surface area (Å²) in [5, 5.41) is 8.35. The molecule has 2 rings (SSSR count). The van der Waals surface area contributed by atoms with E-state index in [-0.39, 0.29) is 0 Å². The van der Waals surface area contributed by atoms with Gasteiger partial charge < -0.3 is 5.32 Å². The first-order valence-electron chi connectivity index (χ1n) is 5.14. The maximum atomic E-state index is 5.82. The average Bonchev–Trinajstić information content (AvgIpc) is 2.58. The van der Waals surface area contributed by atoms with Crippen molar-refractivity contribution >= 4 is 17.4 Å². The molecular formula is C12H14ClN3. The molecule has 0 fully saturated rings. The molecule has 2 aromatic rings. The molecule has 0 aliphatic heterocycles. The van der Waals surface area contributed by atoms with Crippen molar-refractivity contribution in [2.45, 2.75) is 13.5 Å². The van der Waals surface area contributed by atoms with E-state index >= 15 is 0 Å². The molecule has 0 spiro atoms. The van der Waals surface area contributed by atoms with Crippen LogP contribution in [0.1, 0.15) is 11.3 Å². The van der Waals surface area contributed by atoms with Gasteiger partial charge in [-0.15, -0.1) is 0 Å². The number of nitrogens with one attached hydrogen (secondary N) is 1. The second-order valence-electron chi connectivity index (χ2n) is 3.77. The van der Waals surface area contributed by atoms with Gasteiger partial charge in [-0.25, -0.2) is 0 Å². The third kappa shape index (κ3) is 2.55. The summed E-state index contributed by atoms with van der Waals surface area (Å²) in [5.74, 6) is 0.898. The Morgan fingerprint density at radius 1 is 1.31 bits per heavy atom. The molecule has 0 amide bonds. The molecule has 0 aliphatic rings. The topological polar surface area (TPSA) is 29.9 Å². The quantitative estimate of drug-likeness (QED) is 0.887. The van der Waals surface area contributed by atoms with Gasteiger partial charge >= 0.3 is 0 Å². The van der Waals surface area contributed by atoms with Gasteiger partial charge in [-0.2, -0.15) is 5.10 Å². The van der Waals surface area contributed by atoms with Crippen LogP contribution in [0.4, 0.5) is 5.82 Å². The summed E-state index contributed by atoms with van der Waals surface area (Å²) < 4.78 is 1.85. The standard InChI is InChI=1S/C12H14ClN3/c1-9-7-12(15-16(9)2)14-8-10-3-5-11(13)6-4-10/h3-7H,8H2,1-2H3,(H,14,15). The summed E-state index contributed by atoms with van der Waals surface area (Å²) in [6.45, 7) is 2.79. The van der Waals surface area contributed by atoms with Crippen LogP contribution in [0.25, 0.3) is 0 Å². The Labute approximate surface area is 100 Å². The summed E-state index contributed by atoms with van der Waals surface area (Å²) in [6, 6.07) is 9.82. The molecule has 0 radical (unpaired) electrons. The van der Waals surface area contributed by atoms with E-state index in [9.17, 15) is 0 Å². The van der Waals surface area contributed by atoms with Gasteiger partial charge in [0.05, 0.1) is 0 Å². The van der Waals surface area contributed by atoms with E-state index in [0.29, 0.717) is 0 Å². The van der Waals surface area contributed by atoms with Crippen LogP contribution < -0.4 is 5.32 Å². The number of hydrogen-bond acceptors (Lipinski definition) is 2. The molecule has 84 valence electrons. The van der Waals surface area contributed by atoms with Gasteiger partial charge in [0.25, 0.3) is 0 Å². The average molecular weight is 236 g/mol. The van der Waals surface area contributed by atoms with Gasteiger partial charge in [0.2, 0.25) is 0 Å². The molecule has 3 nitrogen and oxygen atoms in total. The Morgan fingerprint density at radius 3 is 2.56 bits per heavy atom. The van der Waals surface area contributed by atoms with Crippen molar-refractivity contribution in [3.63, 3.8) is 0 Å². The van der Waals surface area contributed by atoms with Crippen molar-refractivity contribution in [3.05, 3.63) is 46.6 Å². The van der Waals surface area contributed by atoms with Crippen LogP contribution in [0.5, 0.6) is 0 Å². The predicted octanol–water partition coefficient (Wildman–Crippen LogP) is 2.99. The van der Waals surface area contributed by atoms with E-state index in [1.165, 1.54) is 5.56 Å². The van der Waals surface area contributed by atoms with Crippen molar-refractivity contribution < 1.29 is 0 Å². The first-order valence-corrected chi connectivity index (χ1v) is 5.52. The highest BCUT2D eigenvalue weighted by molar-refractivity contribution is 6.30. The fourth-order valence-corrected chi connectivity index (χ4v) is 1.57. The Morgan fingerprint density at radius 2 is 2.00 bits per heavy atom. The molecule has 1 aromatic heterocycles. The molecule has 0 bridgehead atoms. The van der Waals surface area contributed by atoms with Crippen LogP contribution in [0, 0.1) is 6.92 Å². The van der Waals surface area contributed by atoms with Crippen molar-refractivity contribution in [2.75, 3.05) is 5.32 Å². The summed E-state index contributed by atoms with van der Waals surface area (Å²) in [6.07, 6.45) is 0. The molecule has 1 heterocycles. The zero-order valence-corrected chi connectivity index (χ0v) is 10.1. The lowest BCUT2D eigenvalue weighted by Crippen LogP contribution is -2.00. The Kier molecular flexibility index (Phi) is 3.15. The fourth-order valence-electron chi connectivity index (χ4n) is 1.44. The highest BCUT2D eigenvalue weighted by Crippen LogP contribution is 2.12. The molecule has 0 aliphatic carbocycles. The van der Waals surface area contributed by atoms with Crippen LogP contribution >= 0.6 is 11.6 Å². The molecule has 0 atom stereocenters. The van der Waals surface area contributed by atoms with Crippen LogP contribution in [0.2, 0.25) is 5.02 Å². The van der Waals surface area contributed by atoms with Crippen LogP contribution in [-0.2, 0) is 13.6 Å². The number of hydrogen-bond donors (Lipinski definition) is 1. The number of aryl methyl sites for hydroxylation is 2. The second-order valence-corrected chi connectivity index (χ2v) is 4.21. The SMILES string of the molecule is Cc1cc(NCc2ccc(Cl)cc2)nn1C. The second kappa shape index (κ2) is 4.58. The zero-order valence-electron chi connectivity index (χ0n) is 9.37. The summed E-state index contributed by atoms with van der Waals surface area (Å²) in [7, 11) is 1.93. The first-order chi connectivity index (χ1) is 7.65. The lowest BCUT2D eigenvalue weighted by molar-refractivity contribution is 0.741. The minimum atomic E-state index is 0.758. The van der Waals surface area contributed by atoms with E-state index in [1.807, 2.05) is 49.0 Å². The van der Waals surface area contributed by atoms with Crippen molar-refractivity contribution in [1.29, 1.82) is 0 Å². The monoisotopic (exact) mass is 235 g/mol. The van der Waals surface area contributed by atoms with E-state index in [0.717, 1.165) is 23.1 Å². The fraction of sp³-hybridized carbons (Fsp3) is 0.250. The van der Waals surface area contributed by atoms with Crippen LogP contribution in [0.3, 0.4) is 0 Å². The van der Waals surface area contributed by atoms with Gasteiger partial charge in [-0.05, 0) is 24.6 Å². The molecule has 0 saturated heterocycles. The molecular weight excluding hydrogens is 222 g/mol. The van der Waals surface area contributed by atoms with E-state index < -0.39 is 0 Å². The highest BCUT2D eigenvalue weighted by Gasteiger charge is 2.00. The third-order valence-electron chi connectivity index (χ3n) is 2.50. The van der Waals surface area contributed by atoms with Gasteiger partial charge in [0.1, 0.15) is 5.82 Å². The number of nitrogens with zero attached hydrogens (tertiary/aromatic N) is 2. The predicted molar refractivity (Wildman–Crippen MR) is 66.7 cm³/mol. The molecule has 1 aromatic carbocycles. The lowest BCUT2D eigenvalue weighted by Gasteiger charge is -2.02. The Bertz CT molecular complexity index is 454. The van der Waals surface area contributed by atoms with Gasteiger partial charge in [-0.1, -0.05) is 23.7 Å². The van der Waals surface area contributed by atoms with Gasteiger partial charge in [0.15, 0.2) is 0 Å². The number of benzene rings is 1. The maximum absolute atomic E-state index is 5.82. The van der Waals surface area contributed by atoms with E-state index in [4.69, 9.17) is 11.6 Å². The summed E-state index contributed by atoms with van der Waals surface area (Å²) >= 11 is 5.82. The third-order valence-corrected chi connectivity index (χ3v) is 2.75. The zero-order chi connectivity index (χ0) is 11.5. The van der Waals surface area contributed by atoms with Crippen molar-refractivity contribution in [3.8, 4) is 0 Å². The number of rotatable bonds is 3. The number of anilines is 1. The maximum Gasteiger partial charge on any atom is 0.148 e. The molecule has 0 unspecified atom stereocenters. The normalized spacial score (nSPS) is 10.4. The molecule has 0 saturated carbocycles. The lowest BCUT2D eigenvalue weighted by atomic mass is 10.2. The number of aromatic nitrogens is 2. The van der Waals surface area contributed by atoms with Gasteiger partial charge in [0, 0.05) is 30.4 Å². The van der Waals surface area contributed by atoms with E-state index in [2.05, 4.69) is 10.4 Å². The smallest absolute Gasteiger partial charge is 0.148 e. The van der Waals surface area contributed by atoms with Crippen molar-refractivity contribution in [2.24, 2.45) is 7.05 Å². The minimum absolute atomic E-state index is 0.758. The Balaban J connectivity index is 1.99. The molecule has 4 heteroatoms. The molecule has 16 heavy (non-hydrogen) atoms. The summed E-state index contributed by atoms with van der Waals surface area (Å²) in [5.41, 5.74) is 2.33. The van der Waals surface area contributed by atoms with Gasteiger partial charge in [-0.3, -0.25) is 4.68 Å². The van der Waals surface area contributed by atoms with Crippen molar-refractivity contribution in [1.82, 2.24) is 9.78 Å². The minimum Gasteiger partial charge on any atom is -0.365 e. The van der Waals surface area contributed by atoms with Crippen LogP contribution in [-0.4, -0.2) is 9.78 Å². The number of halogens is 1. The highest BCUT2D eigenvalue weighted by atomic mass is 35.5. The van der Waals surface area contributed by atoms with E-state index in [1.54, 1.807) is 0 Å². The first kappa shape index (κ1) is 11.0. The summed E-state index contributed by atoms with van der Waals surface area (Å²) in [4.78, 5) is 0. The van der Waals surface area contributed by atoms with Crippen LogP contribution in [0.15, 0.2) is 30.3 Å². The Hall–Kier alpha value is -1.48.